The molecule has 3 fully saturated rings. The largest absolute Gasteiger partial charge is 0.497 e. The number of hydrogen-bond acceptors (Lipinski definition) is 4. The molecule has 6 heteroatoms. The molecule has 2 aromatic carbocycles. The lowest BCUT2D eigenvalue weighted by molar-refractivity contribution is -0.143. The van der Waals surface area contributed by atoms with Gasteiger partial charge in [0.05, 0.1) is 12.5 Å². The van der Waals surface area contributed by atoms with E-state index in [0.29, 0.717) is 24.8 Å². The van der Waals surface area contributed by atoms with Gasteiger partial charge in [0.25, 0.3) is 0 Å². The Kier molecular flexibility index (Phi) is 5.69. The quantitative estimate of drug-likeness (QED) is 0.636. The molecule has 1 saturated carbocycles. The number of hydrogen-bond donors (Lipinski definition) is 0. The number of ether oxygens (including phenoxy) is 1. The van der Waals surface area contributed by atoms with Gasteiger partial charge in [-0.15, -0.1) is 0 Å². The maximum absolute atomic E-state index is 13.6. The second-order valence-corrected chi connectivity index (χ2v) is 9.53. The average Bonchev–Trinajstić information content (AvgIpc) is 3.65. The number of carbonyl (C=O) groups excluding carboxylic acids is 3. The first-order valence-electron chi connectivity index (χ1n) is 11.9. The van der Waals surface area contributed by atoms with E-state index in [1.54, 1.807) is 19.2 Å². The number of benzene rings is 2. The zero-order valence-electron chi connectivity index (χ0n) is 19.0. The molecule has 172 valence electrons. The molecule has 1 atom stereocenters. The highest BCUT2D eigenvalue weighted by Crippen LogP contribution is 2.45. The molecule has 0 spiro atoms. The van der Waals surface area contributed by atoms with Crippen molar-refractivity contribution in [2.45, 2.75) is 55.9 Å². The summed E-state index contributed by atoms with van der Waals surface area (Å²) in [7, 11) is 1.59. The highest BCUT2D eigenvalue weighted by atomic mass is 16.5. The smallest absolute Gasteiger partial charge is 0.241 e. The molecule has 0 N–H and O–H groups in total. The summed E-state index contributed by atoms with van der Waals surface area (Å²) in [6.07, 6.45) is 3.62. The maximum Gasteiger partial charge on any atom is 0.241 e. The van der Waals surface area contributed by atoms with Crippen LogP contribution in [0.25, 0.3) is 0 Å². The van der Waals surface area contributed by atoms with Crippen LogP contribution in [-0.4, -0.2) is 53.8 Å². The SMILES string of the molecule is COc1ccc(C2(CC(=O)N3CCC(c4ccccc4)CC3)CC(=O)N(C3CC3)C2=O)cc1. The Hall–Kier alpha value is -3.15. The number of methoxy groups -OCH3 is 1. The first kappa shape index (κ1) is 21.7. The first-order chi connectivity index (χ1) is 16.0. The lowest BCUT2D eigenvalue weighted by Gasteiger charge is -2.35. The first-order valence-corrected chi connectivity index (χ1v) is 11.9. The number of nitrogens with zero attached hydrogens (tertiary/aromatic N) is 2. The van der Waals surface area contributed by atoms with Crippen molar-refractivity contribution < 1.29 is 19.1 Å². The highest BCUT2D eigenvalue weighted by Gasteiger charge is 2.57. The van der Waals surface area contributed by atoms with Crippen molar-refractivity contribution in [3.8, 4) is 5.75 Å². The van der Waals surface area contributed by atoms with Crippen molar-refractivity contribution in [3.63, 3.8) is 0 Å². The third-order valence-corrected chi connectivity index (χ3v) is 7.48. The minimum Gasteiger partial charge on any atom is -0.497 e. The average molecular weight is 447 g/mol. The molecule has 0 radical (unpaired) electrons. The van der Waals surface area contributed by atoms with Crippen LogP contribution in [0.3, 0.4) is 0 Å². The van der Waals surface area contributed by atoms with Crippen LogP contribution in [-0.2, 0) is 19.8 Å². The Bertz CT molecular complexity index is 1040. The fraction of sp³-hybridized carbons (Fsp3) is 0.444. The van der Waals surface area contributed by atoms with Crippen molar-refractivity contribution in [1.82, 2.24) is 9.80 Å². The minimum atomic E-state index is -1.13. The van der Waals surface area contributed by atoms with Gasteiger partial charge in [-0.1, -0.05) is 42.5 Å². The molecule has 5 rings (SSSR count). The summed E-state index contributed by atoms with van der Waals surface area (Å²) in [5.41, 5.74) is 0.910. The number of rotatable bonds is 6. The van der Waals surface area contributed by atoms with E-state index in [1.165, 1.54) is 10.5 Å². The third-order valence-electron chi connectivity index (χ3n) is 7.48. The van der Waals surface area contributed by atoms with Crippen LogP contribution in [0.4, 0.5) is 0 Å². The van der Waals surface area contributed by atoms with Crippen LogP contribution in [0, 0.1) is 0 Å². The van der Waals surface area contributed by atoms with E-state index in [4.69, 9.17) is 4.74 Å². The van der Waals surface area contributed by atoms with Gasteiger partial charge in [-0.25, -0.2) is 0 Å². The van der Waals surface area contributed by atoms with Gasteiger partial charge in [0.2, 0.25) is 17.7 Å². The zero-order chi connectivity index (χ0) is 23.0. The van der Waals surface area contributed by atoms with Gasteiger partial charge in [-0.3, -0.25) is 19.3 Å². The summed E-state index contributed by atoms with van der Waals surface area (Å²) in [5, 5.41) is 0. The summed E-state index contributed by atoms with van der Waals surface area (Å²) in [5.74, 6) is 0.711. The maximum atomic E-state index is 13.6. The summed E-state index contributed by atoms with van der Waals surface area (Å²) >= 11 is 0. The number of carbonyl (C=O) groups is 3. The van der Waals surface area contributed by atoms with Gasteiger partial charge >= 0.3 is 0 Å². The van der Waals surface area contributed by atoms with E-state index in [9.17, 15) is 14.4 Å². The van der Waals surface area contributed by atoms with Gasteiger partial charge in [0.15, 0.2) is 0 Å². The second kappa shape index (κ2) is 8.65. The molecule has 6 nitrogen and oxygen atoms in total. The molecule has 0 aromatic heterocycles. The topological polar surface area (TPSA) is 66.9 Å². The Labute approximate surface area is 194 Å². The fourth-order valence-electron chi connectivity index (χ4n) is 5.40. The summed E-state index contributed by atoms with van der Waals surface area (Å²) < 4.78 is 5.27. The molecular weight excluding hydrogens is 416 g/mol. The van der Waals surface area contributed by atoms with Crippen LogP contribution < -0.4 is 4.74 Å². The molecule has 1 unspecified atom stereocenters. The highest BCUT2D eigenvalue weighted by molar-refractivity contribution is 6.11. The van der Waals surface area contributed by atoms with Crippen LogP contribution in [0.2, 0.25) is 0 Å². The predicted molar refractivity (Wildman–Crippen MR) is 124 cm³/mol. The summed E-state index contributed by atoms with van der Waals surface area (Å²) in [6.45, 7) is 1.34. The molecule has 33 heavy (non-hydrogen) atoms. The molecule has 0 bridgehead atoms. The summed E-state index contributed by atoms with van der Waals surface area (Å²) in [6, 6.07) is 17.7. The van der Waals surface area contributed by atoms with Crippen LogP contribution >= 0.6 is 0 Å². The van der Waals surface area contributed by atoms with E-state index in [0.717, 1.165) is 31.2 Å². The standard InChI is InChI=1S/C27H30N2O4/c1-33-23-11-7-21(8-12-23)27(18-25(31)29(26(27)32)22-9-10-22)17-24(30)28-15-13-20(14-16-28)19-5-3-2-4-6-19/h2-8,11-12,20,22H,9-10,13-18H2,1H3. The lowest BCUT2D eigenvalue weighted by atomic mass is 9.75. The van der Waals surface area contributed by atoms with Crippen LogP contribution in [0.15, 0.2) is 54.6 Å². The minimum absolute atomic E-state index is 0.00171. The number of imide groups is 1. The van der Waals surface area contributed by atoms with Crippen LogP contribution in [0.1, 0.15) is 55.6 Å². The second-order valence-electron chi connectivity index (χ2n) is 9.53. The molecule has 2 aliphatic heterocycles. The van der Waals surface area contributed by atoms with Crippen molar-refractivity contribution in [3.05, 3.63) is 65.7 Å². The molecule has 3 amide bonds. The third kappa shape index (κ3) is 4.03. The molecule has 2 saturated heterocycles. The van der Waals surface area contributed by atoms with E-state index in [1.807, 2.05) is 23.1 Å². The van der Waals surface area contributed by atoms with Gasteiger partial charge < -0.3 is 9.64 Å². The van der Waals surface area contributed by atoms with Gasteiger partial charge in [-0.05, 0) is 54.9 Å². The molecule has 3 aliphatic rings. The van der Waals surface area contributed by atoms with Gasteiger partial charge in [0.1, 0.15) is 5.75 Å². The number of piperidine rings is 1. The van der Waals surface area contributed by atoms with Crippen molar-refractivity contribution in [1.29, 1.82) is 0 Å². The molecular formula is C27H30N2O4. The predicted octanol–water partition coefficient (Wildman–Crippen LogP) is 3.65. The number of likely N-dealkylation sites (tertiary alicyclic amines) is 2. The fourth-order valence-corrected chi connectivity index (χ4v) is 5.40. The zero-order valence-corrected chi connectivity index (χ0v) is 19.0. The van der Waals surface area contributed by atoms with E-state index in [-0.39, 0.29) is 36.6 Å². The van der Waals surface area contributed by atoms with Crippen molar-refractivity contribution in [2.75, 3.05) is 20.2 Å². The normalized spacial score (nSPS) is 23.8. The Morgan fingerprint density at radius 3 is 2.24 bits per heavy atom. The van der Waals surface area contributed by atoms with E-state index < -0.39 is 5.41 Å². The van der Waals surface area contributed by atoms with Crippen molar-refractivity contribution >= 4 is 17.7 Å². The molecule has 1 aliphatic carbocycles. The van der Waals surface area contributed by atoms with Gasteiger partial charge in [0, 0.05) is 32.0 Å². The number of amides is 3. The monoisotopic (exact) mass is 446 g/mol. The van der Waals surface area contributed by atoms with E-state index >= 15 is 0 Å². The van der Waals surface area contributed by atoms with E-state index in [2.05, 4.69) is 24.3 Å². The van der Waals surface area contributed by atoms with Crippen molar-refractivity contribution in [2.24, 2.45) is 0 Å². The molecule has 2 heterocycles. The lowest BCUT2D eigenvalue weighted by Crippen LogP contribution is -2.45. The Balaban J connectivity index is 1.36. The van der Waals surface area contributed by atoms with Crippen LogP contribution in [0.5, 0.6) is 5.75 Å². The molecule has 2 aromatic rings. The summed E-state index contributed by atoms with van der Waals surface area (Å²) in [4.78, 5) is 43.3. The Morgan fingerprint density at radius 2 is 1.64 bits per heavy atom. The Morgan fingerprint density at radius 1 is 0.970 bits per heavy atom. The van der Waals surface area contributed by atoms with Gasteiger partial charge in [-0.2, -0.15) is 0 Å².